The van der Waals surface area contributed by atoms with Crippen LogP contribution in [-0.4, -0.2) is 25.8 Å². The average Bonchev–Trinajstić information content (AvgIpc) is 2.69. The molecule has 1 amide bonds. The quantitative estimate of drug-likeness (QED) is 0.407. The number of carbonyl (C=O) groups is 1. The van der Waals surface area contributed by atoms with Crippen LogP contribution < -0.4 is 16.2 Å². The van der Waals surface area contributed by atoms with Crippen LogP contribution in [0.4, 0.5) is 23.0 Å². The normalized spacial score (nSPS) is 10.2. The van der Waals surface area contributed by atoms with Crippen molar-refractivity contribution in [2.75, 3.05) is 10.7 Å². The molecule has 3 rings (SSSR count). The number of carbonyl (C=O) groups excluding carboxylic acids is 1. The Bertz CT molecular complexity index is 1030. The third-order valence-electron chi connectivity index (χ3n) is 3.41. The van der Waals surface area contributed by atoms with Crippen LogP contribution in [0.1, 0.15) is 10.4 Å². The summed E-state index contributed by atoms with van der Waals surface area (Å²) in [6.07, 6.45) is 3.97. The lowest BCUT2D eigenvalue weighted by atomic mass is 10.3. The Kier molecular flexibility index (Phi) is 5.82. The highest BCUT2D eigenvalue weighted by atomic mass is 35.5. The van der Waals surface area contributed by atoms with Gasteiger partial charge in [-0.05, 0) is 30.3 Å². The fraction of sp³-hybridized carbons (Fsp3) is 0. The number of nitrogens with one attached hydrogen (secondary N) is 3. The number of benzene rings is 1. The molecule has 12 heteroatoms. The Hall–Kier alpha value is -3.50. The van der Waals surface area contributed by atoms with E-state index in [-0.39, 0.29) is 22.2 Å². The molecular formula is C16H11Cl2N7O3. The Labute approximate surface area is 168 Å². The molecule has 0 spiro atoms. The fourth-order valence-corrected chi connectivity index (χ4v) is 2.43. The number of nitrogens with zero attached hydrogens (tertiary/aromatic N) is 4. The number of halogens is 2. The maximum absolute atomic E-state index is 12.1. The number of nitro groups is 1. The van der Waals surface area contributed by atoms with Gasteiger partial charge in [-0.2, -0.15) is 0 Å². The highest BCUT2D eigenvalue weighted by Crippen LogP contribution is 2.32. The van der Waals surface area contributed by atoms with Crippen LogP contribution in [0.15, 0.2) is 49.1 Å². The first-order chi connectivity index (χ1) is 13.5. The van der Waals surface area contributed by atoms with Crippen LogP contribution >= 0.6 is 23.2 Å². The summed E-state index contributed by atoms with van der Waals surface area (Å²) in [7, 11) is 0. The third-order valence-corrected chi connectivity index (χ3v) is 4.14. The molecule has 0 aliphatic rings. The van der Waals surface area contributed by atoms with Crippen molar-refractivity contribution >= 4 is 52.1 Å². The summed E-state index contributed by atoms with van der Waals surface area (Å²) in [4.78, 5) is 34.5. The van der Waals surface area contributed by atoms with Crippen molar-refractivity contribution in [3.63, 3.8) is 0 Å². The van der Waals surface area contributed by atoms with E-state index in [2.05, 4.69) is 31.1 Å². The minimum absolute atomic E-state index is 0.100. The molecule has 0 radical (unpaired) electrons. The van der Waals surface area contributed by atoms with Crippen LogP contribution in [0.2, 0.25) is 10.0 Å². The zero-order valence-corrected chi connectivity index (χ0v) is 15.4. The summed E-state index contributed by atoms with van der Waals surface area (Å²) in [5.41, 5.74) is 4.98. The second-order valence-electron chi connectivity index (χ2n) is 5.25. The Balaban J connectivity index is 1.84. The van der Waals surface area contributed by atoms with Crippen molar-refractivity contribution in [2.24, 2.45) is 0 Å². The van der Waals surface area contributed by atoms with Crippen molar-refractivity contribution in [1.29, 1.82) is 0 Å². The Morgan fingerprint density at radius 1 is 1.11 bits per heavy atom. The summed E-state index contributed by atoms with van der Waals surface area (Å²) in [5.74, 6) is -0.851. The lowest BCUT2D eigenvalue weighted by molar-refractivity contribution is -0.383. The average molecular weight is 420 g/mol. The number of rotatable bonds is 6. The number of hydrogen-bond acceptors (Lipinski definition) is 8. The number of hydrazine groups is 1. The predicted octanol–water partition coefficient (Wildman–Crippen LogP) is 3.59. The molecule has 0 atom stereocenters. The maximum Gasteiger partial charge on any atom is 0.355 e. The zero-order valence-electron chi connectivity index (χ0n) is 13.9. The maximum atomic E-state index is 12.1. The van der Waals surface area contributed by atoms with Crippen molar-refractivity contribution in [2.45, 2.75) is 0 Å². The smallest absolute Gasteiger partial charge is 0.334 e. The largest absolute Gasteiger partial charge is 0.355 e. The van der Waals surface area contributed by atoms with Crippen LogP contribution in [0.5, 0.6) is 0 Å². The van der Waals surface area contributed by atoms with Crippen molar-refractivity contribution in [3.8, 4) is 0 Å². The molecule has 1 aromatic carbocycles. The number of hydrogen-bond donors (Lipinski definition) is 3. The molecule has 0 saturated heterocycles. The summed E-state index contributed by atoms with van der Waals surface area (Å²) in [5, 5.41) is 14.9. The van der Waals surface area contributed by atoms with Gasteiger partial charge in [0.25, 0.3) is 5.91 Å². The molecule has 3 aromatic rings. The van der Waals surface area contributed by atoms with Gasteiger partial charge in [0.2, 0.25) is 11.6 Å². The Morgan fingerprint density at radius 2 is 1.89 bits per heavy atom. The SMILES string of the molecule is O=C(NNc1ncnc(Nc2ccc(Cl)c(Cl)c2)c1[N+](=O)[O-])c1cccnc1. The molecule has 3 N–H and O–H groups in total. The van der Waals surface area contributed by atoms with E-state index < -0.39 is 16.5 Å². The topological polar surface area (TPSA) is 135 Å². The lowest BCUT2D eigenvalue weighted by Gasteiger charge is -2.11. The van der Waals surface area contributed by atoms with Gasteiger partial charge in [-0.15, -0.1) is 0 Å². The highest BCUT2D eigenvalue weighted by Gasteiger charge is 2.24. The van der Waals surface area contributed by atoms with Gasteiger partial charge >= 0.3 is 5.69 Å². The summed E-state index contributed by atoms with van der Waals surface area (Å²) in [6, 6.07) is 7.73. The zero-order chi connectivity index (χ0) is 20.1. The van der Waals surface area contributed by atoms with E-state index in [0.717, 1.165) is 6.33 Å². The van der Waals surface area contributed by atoms with E-state index in [1.807, 2.05) is 0 Å². The molecule has 0 bridgehead atoms. The standard InChI is InChI=1S/C16H11Cl2N7O3/c17-11-4-3-10(6-12(11)18)22-14-13(25(27)28)15(21-8-20-14)23-24-16(26)9-2-1-5-19-7-9/h1-8H,(H,24,26)(H2,20,21,22,23). The second kappa shape index (κ2) is 8.46. The molecule has 0 aliphatic heterocycles. The van der Waals surface area contributed by atoms with Gasteiger partial charge in [0.15, 0.2) is 0 Å². The van der Waals surface area contributed by atoms with Gasteiger partial charge in [0.05, 0.1) is 20.5 Å². The van der Waals surface area contributed by atoms with Crippen LogP contribution in [0.25, 0.3) is 0 Å². The van der Waals surface area contributed by atoms with Gasteiger partial charge in [0, 0.05) is 18.1 Å². The van der Waals surface area contributed by atoms with E-state index in [0.29, 0.717) is 10.7 Å². The highest BCUT2D eigenvalue weighted by molar-refractivity contribution is 6.42. The van der Waals surface area contributed by atoms with E-state index in [1.165, 1.54) is 30.6 Å². The van der Waals surface area contributed by atoms with E-state index in [1.54, 1.807) is 12.1 Å². The van der Waals surface area contributed by atoms with Gasteiger partial charge in [-0.25, -0.2) is 9.97 Å². The molecular weight excluding hydrogens is 409 g/mol. The monoisotopic (exact) mass is 419 g/mol. The van der Waals surface area contributed by atoms with Gasteiger partial charge in [-0.3, -0.25) is 30.7 Å². The summed E-state index contributed by atoms with van der Waals surface area (Å²) >= 11 is 11.8. The van der Waals surface area contributed by atoms with Crippen LogP contribution in [0, 0.1) is 10.1 Å². The summed E-state index contributed by atoms with van der Waals surface area (Å²) < 4.78 is 0. The van der Waals surface area contributed by atoms with Crippen molar-refractivity contribution < 1.29 is 9.72 Å². The fourth-order valence-electron chi connectivity index (χ4n) is 2.13. The third kappa shape index (κ3) is 4.42. The number of amides is 1. The molecule has 0 aliphatic carbocycles. The van der Waals surface area contributed by atoms with Crippen molar-refractivity contribution in [1.82, 2.24) is 20.4 Å². The number of anilines is 3. The molecule has 10 nitrogen and oxygen atoms in total. The van der Waals surface area contributed by atoms with Crippen molar-refractivity contribution in [3.05, 3.63) is 74.8 Å². The van der Waals surface area contributed by atoms with E-state index in [9.17, 15) is 14.9 Å². The molecule has 28 heavy (non-hydrogen) atoms. The molecule has 0 saturated carbocycles. The van der Waals surface area contributed by atoms with Crippen LogP contribution in [-0.2, 0) is 0 Å². The first-order valence-electron chi connectivity index (χ1n) is 7.63. The number of aromatic nitrogens is 3. The molecule has 0 unspecified atom stereocenters. The van der Waals surface area contributed by atoms with E-state index in [4.69, 9.17) is 23.2 Å². The Morgan fingerprint density at radius 3 is 2.57 bits per heavy atom. The predicted molar refractivity (Wildman–Crippen MR) is 104 cm³/mol. The first kappa shape index (κ1) is 19.3. The van der Waals surface area contributed by atoms with Gasteiger partial charge in [-0.1, -0.05) is 23.2 Å². The molecule has 142 valence electrons. The number of pyridine rings is 1. The first-order valence-corrected chi connectivity index (χ1v) is 8.39. The second-order valence-corrected chi connectivity index (χ2v) is 6.07. The molecule has 2 heterocycles. The van der Waals surface area contributed by atoms with E-state index >= 15 is 0 Å². The minimum atomic E-state index is -0.682. The molecule has 0 fully saturated rings. The van der Waals surface area contributed by atoms with Gasteiger partial charge in [0.1, 0.15) is 6.33 Å². The van der Waals surface area contributed by atoms with Gasteiger partial charge < -0.3 is 5.32 Å². The molecule has 2 aromatic heterocycles. The summed E-state index contributed by atoms with van der Waals surface area (Å²) in [6.45, 7) is 0. The minimum Gasteiger partial charge on any atom is -0.334 e. The lowest BCUT2D eigenvalue weighted by Crippen LogP contribution is -2.30. The van der Waals surface area contributed by atoms with Crippen LogP contribution in [0.3, 0.4) is 0 Å².